The van der Waals surface area contributed by atoms with Crippen LogP contribution in [0, 0.1) is 0 Å². The SMILES string of the molecule is CC(C)(C)OC(=O)CCC(=O)N1CCN(S(=O)(=O)N[C@@H](Cc2ccccc2)C(=O)N[C@@H](Cc2csc(N)n2)C(=O)O)CC1. The third-order valence-electron chi connectivity index (χ3n) is 6.38. The van der Waals surface area contributed by atoms with Gasteiger partial charge in [0.2, 0.25) is 11.8 Å². The van der Waals surface area contributed by atoms with Crippen LogP contribution < -0.4 is 15.8 Å². The lowest BCUT2D eigenvalue weighted by atomic mass is 10.1. The van der Waals surface area contributed by atoms with Crippen LogP contribution in [0.5, 0.6) is 0 Å². The second-order valence-electron chi connectivity index (χ2n) is 11.0. The molecule has 0 radical (unpaired) electrons. The van der Waals surface area contributed by atoms with Crippen molar-refractivity contribution in [1.82, 2.24) is 24.2 Å². The number of nitrogens with zero attached hydrogens (tertiary/aromatic N) is 3. The number of esters is 1. The molecule has 2 heterocycles. The van der Waals surface area contributed by atoms with E-state index in [0.29, 0.717) is 11.3 Å². The summed E-state index contributed by atoms with van der Waals surface area (Å²) < 4.78 is 35.5. The van der Waals surface area contributed by atoms with E-state index >= 15 is 0 Å². The first-order valence-corrected chi connectivity index (χ1v) is 16.0. The van der Waals surface area contributed by atoms with Gasteiger partial charge in [-0.1, -0.05) is 30.3 Å². The summed E-state index contributed by atoms with van der Waals surface area (Å²) in [7, 11) is -4.22. The van der Waals surface area contributed by atoms with E-state index in [1.54, 1.807) is 56.5 Å². The first-order chi connectivity index (χ1) is 20.1. The molecule has 14 nitrogen and oxygen atoms in total. The molecule has 0 spiro atoms. The quantitative estimate of drug-likeness (QED) is 0.225. The Morgan fingerprint density at radius 3 is 2.26 bits per heavy atom. The number of nitrogens with two attached hydrogens (primary N) is 1. The molecule has 1 fully saturated rings. The molecule has 0 unspecified atom stereocenters. The van der Waals surface area contributed by atoms with Crippen molar-refractivity contribution in [2.75, 3.05) is 31.9 Å². The van der Waals surface area contributed by atoms with Crippen LogP contribution in [-0.4, -0.2) is 95.3 Å². The zero-order valence-electron chi connectivity index (χ0n) is 24.3. The molecule has 0 saturated carbocycles. The maximum absolute atomic E-state index is 13.4. The summed E-state index contributed by atoms with van der Waals surface area (Å²) in [5.41, 5.74) is 6.01. The Bertz CT molecular complexity index is 1390. The van der Waals surface area contributed by atoms with Crippen molar-refractivity contribution in [1.29, 1.82) is 0 Å². The van der Waals surface area contributed by atoms with Crippen LogP contribution in [0.4, 0.5) is 5.13 Å². The molecule has 2 amide bonds. The molecule has 5 N–H and O–H groups in total. The van der Waals surface area contributed by atoms with Gasteiger partial charge in [0.25, 0.3) is 10.2 Å². The number of nitrogens with one attached hydrogen (secondary N) is 2. The minimum Gasteiger partial charge on any atom is -0.480 e. The van der Waals surface area contributed by atoms with Crippen molar-refractivity contribution >= 4 is 50.4 Å². The van der Waals surface area contributed by atoms with Crippen LogP contribution in [-0.2, 0) is 47.0 Å². The highest BCUT2D eigenvalue weighted by Gasteiger charge is 2.34. The minimum atomic E-state index is -4.22. The summed E-state index contributed by atoms with van der Waals surface area (Å²) >= 11 is 1.13. The fourth-order valence-corrected chi connectivity index (χ4v) is 6.25. The van der Waals surface area contributed by atoms with Crippen molar-refractivity contribution in [2.24, 2.45) is 0 Å². The molecule has 2 atom stereocenters. The molecule has 1 aromatic heterocycles. The highest BCUT2D eigenvalue weighted by atomic mass is 32.2. The number of carboxylic acid groups (broad SMARTS) is 1. The monoisotopic (exact) mass is 638 g/mol. The molecule has 16 heteroatoms. The Morgan fingerprint density at radius 1 is 1.05 bits per heavy atom. The van der Waals surface area contributed by atoms with Gasteiger partial charge in [0.1, 0.15) is 17.7 Å². The second kappa shape index (κ2) is 14.7. The molecule has 1 aromatic carbocycles. The van der Waals surface area contributed by atoms with Gasteiger partial charge in [0.05, 0.1) is 12.1 Å². The maximum atomic E-state index is 13.4. The molecule has 3 rings (SSSR count). The Hall–Kier alpha value is -3.60. The standard InChI is InChI=1S/C27H38N6O8S2/c1-27(2,3)41-23(35)10-9-22(34)32-11-13-33(14-12-32)43(39,40)31-20(15-18-7-5-4-6-8-18)24(36)30-21(25(37)38)16-19-17-42-26(28)29-19/h4-8,17,20-21,31H,9-16H2,1-3H3,(H2,28,29)(H,30,36)(H,37,38)/t20-,21-/m0/s1. The zero-order valence-corrected chi connectivity index (χ0v) is 25.9. The summed E-state index contributed by atoms with van der Waals surface area (Å²) in [5.74, 6) is -2.92. The Labute approximate surface area is 254 Å². The van der Waals surface area contributed by atoms with Gasteiger partial charge in [-0.05, 0) is 32.8 Å². The number of carbonyl (C=O) groups excluding carboxylic acids is 3. The van der Waals surface area contributed by atoms with E-state index in [0.717, 1.165) is 15.6 Å². The molecular formula is C27H38N6O8S2. The maximum Gasteiger partial charge on any atom is 0.326 e. The first kappa shape index (κ1) is 33.9. The predicted molar refractivity (Wildman–Crippen MR) is 159 cm³/mol. The van der Waals surface area contributed by atoms with Crippen LogP contribution in [0.2, 0.25) is 0 Å². The predicted octanol–water partition coefficient (Wildman–Crippen LogP) is 0.549. The lowest BCUT2D eigenvalue weighted by Gasteiger charge is -2.35. The number of hydrogen-bond acceptors (Lipinski definition) is 10. The number of rotatable bonds is 13. The molecule has 0 aliphatic carbocycles. The van der Waals surface area contributed by atoms with Crippen molar-refractivity contribution in [3.8, 4) is 0 Å². The van der Waals surface area contributed by atoms with E-state index in [9.17, 15) is 32.7 Å². The topological polar surface area (TPSA) is 201 Å². The van der Waals surface area contributed by atoms with E-state index in [4.69, 9.17) is 10.5 Å². The van der Waals surface area contributed by atoms with E-state index < -0.39 is 45.7 Å². The van der Waals surface area contributed by atoms with Gasteiger partial charge in [-0.3, -0.25) is 14.4 Å². The highest BCUT2D eigenvalue weighted by molar-refractivity contribution is 7.87. The molecule has 43 heavy (non-hydrogen) atoms. The Balaban J connectivity index is 1.64. The van der Waals surface area contributed by atoms with Gasteiger partial charge in [-0.15, -0.1) is 11.3 Å². The van der Waals surface area contributed by atoms with Crippen LogP contribution in [0.1, 0.15) is 44.9 Å². The van der Waals surface area contributed by atoms with Gasteiger partial charge in [0.15, 0.2) is 5.13 Å². The normalized spacial score (nSPS) is 15.8. The third kappa shape index (κ3) is 10.9. The number of carbonyl (C=O) groups is 4. The average molecular weight is 639 g/mol. The molecule has 0 bridgehead atoms. The van der Waals surface area contributed by atoms with Crippen LogP contribution in [0.15, 0.2) is 35.7 Å². The van der Waals surface area contributed by atoms with Gasteiger partial charge in [-0.2, -0.15) is 17.4 Å². The third-order valence-corrected chi connectivity index (χ3v) is 8.73. The average Bonchev–Trinajstić information content (AvgIpc) is 3.34. The van der Waals surface area contributed by atoms with Gasteiger partial charge in [0, 0.05) is 44.4 Å². The number of piperazine rings is 1. The van der Waals surface area contributed by atoms with Gasteiger partial charge >= 0.3 is 11.9 Å². The van der Waals surface area contributed by atoms with Crippen LogP contribution in [0.3, 0.4) is 0 Å². The van der Waals surface area contributed by atoms with E-state index in [-0.39, 0.29) is 62.9 Å². The van der Waals surface area contributed by atoms with Crippen molar-refractivity contribution < 1.29 is 37.4 Å². The summed E-state index contributed by atoms with van der Waals surface area (Å²) in [5, 5.41) is 14.0. The van der Waals surface area contributed by atoms with Gasteiger partial charge in [-0.25, -0.2) is 9.78 Å². The summed E-state index contributed by atoms with van der Waals surface area (Å²) in [4.78, 5) is 55.3. The first-order valence-electron chi connectivity index (χ1n) is 13.7. The number of ether oxygens (including phenoxy) is 1. The fourth-order valence-electron chi connectivity index (χ4n) is 4.33. The lowest BCUT2D eigenvalue weighted by Crippen LogP contribution is -2.58. The number of amides is 2. The van der Waals surface area contributed by atoms with Crippen molar-refractivity contribution in [3.05, 3.63) is 47.0 Å². The number of aromatic nitrogens is 1. The lowest BCUT2D eigenvalue weighted by molar-refractivity contribution is -0.156. The summed E-state index contributed by atoms with van der Waals surface area (Å²) in [6.07, 6.45) is -0.314. The molecule has 2 aromatic rings. The largest absolute Gasteiger partial charge is 0.480 e. The number of anilines is 1. The zero-order chi connectivity index (χ0) is 31.8. The molecular weight excluding hydrogens is 600 g/mol. The summed E-state index contributed by atoms with van der Waals surface area (Å²) in [6, 6.07) is 6.01. The minimum absolute atomic E-state index is 0.0316. The van der Waals surface area contributed by atoms with E-state index in [1.807, 2.05) is 0 Å². The van der Waals surface area contributed by atoms with Crippen molar-refractivity contribution in [2.45, 2.75) is 64.1 Å². The molecule has 236 valence electrons. The van der Waals surface area contributed by atoms with E-state index in [2.05, 4.69) is 15.0 Å². The number of carboxylic acids is 1. The van der Waals surface area contributed by atoms with Gasteiger partial charge < -0.3 is 25.8 Å². The number of hydrogen-bond donors (Lipinski definition) is 4. The molecule has 1 aliphatic rings. The Morgan fingerprint density at radius 2 is 1.70 bits per heavy atom. The highest BCUT2D eigenvalue weighted by Crippen LogP contribution is 2.15. The number of nitrogen functional groups attached to an aromatic ring is 1. The number of thiazole rings is 1. The second-order valence-corrected chi connectivity index (χ2v) is 13.6. The fraction of sp³-hybridized carbons (Fsp3) is 0.519. The summed E-state index contributed by atoms with van der Waals surface area (Å²) in [6.45, 7) is 5.34. The smallest absolute Gasteiger partial charge is 0.326 e. The van der Waals surface area contributed by atoms with Crippen molar-refractivity contribution in [3.63, 3.8) is 0 Å². The molecule has 1 aliphatic heterocycles. The Kier molecular flexibility index (Phi) is 11.6. The number of benzene rings is 1. The number of aliphatic carboxylic acids is 1. The van der Waals surface area contributed by atoms with Crippen LogP contribution >= 0.6 is 11.3 Å². The van der Waals surface area contributed by atoms with E-state index in [1.165, 1.54) is 4.90 Å². The molecule has 1 saturated heterocycles. The van der Waals surface area contributed by atoms with Crippen LogP contribution in [0.25, 0.3) is 0 Å².